The highest BCUT2D eigenvalue weighted by Crippen LogP contribution is 2.65. The number of halogens is 2. The van der Waals surface area contributed by atoms with E-state index in [-0.39, 0.29) is 30.5 Å². The summed E-state index contributed by atoms with van der Waals surface area (Å²) in [6, 6.07) is 2.45. The van der Waals surface area contributed by atoms with Crippen LogP contribution in [0.25, 0.3) is 0 Å². The molecule has 3 fully saturated rings. The van der Waals surface area contributed by atoms with Crippen molar-refractivity contribution >= 4 is 17.5 Å². The van der Waals surface area contributed by atoms with E-state index in [2.05, 4.69) is 10.3 Å². The SMILES string of the molecule is CC(C)C[C@H](NC(=O)c1ccc(N2CCC3(C2)CC3(F)F)c(OCC2CC2)n1)C(N)=O. The Balaban J connectivity index is 1.52. The summed E-state index contributed by atoms with van der Waals surface area (Å²) in [5.74, 6) is -2.80. The first-order valence-corrected chi connectivity index (χ1v) is 11.0. The number of carbonyl (C=O) groups is 2. The Morgan fingerprint density at radius 3 is 2.61 bits per heavy atom. The number of anilines is 1. The van der Waals surface area contributed by atoms with Gasteiger partial charge in [-0.2, -0.15) is 0 Å². The number of primary amides is 1. The van der Waals surface area contributed by atoms with Crippen molar-refractivity contribution in [1.29, 1.82) is 0 Å². The number of nitrogens with two attached hydrogens (primary N) is 1. The van der Waals surface area contributed by atoms with Crippen molar-refractivity contribution in [3.8, 4) is 5.88 Å². The van der Waals surface area contributed by atoms with E-state index in [1.165, 1.54) is 6.07 Å². The minimum atomic E-state index is -2.61. The second-order valence-corrected chi connectivity index (χ2v) is 9.67. The summed E-state index contributed by atoms with van der Waals surface area (Å²) >= 11 is 0. The maximum atomic E-state index is 13.8. The monoisotopic (exact) mass is 436 g/mol. The maximum Gasteiger partial charge on any atom is 0.270 e. The fourth-order valence-corrected chi connectivity index (χ4v) is 4.24. The Hall–Kier alpha value is -2.45. The summed E-state index contributed by atoms with van der Waals surface area (Å²) in [7, 11) is 0. The first kappa shape index (κ1) is 21.8. The molecule has 3 N–H and O–H groups in total. The molecule has 3 aliphatic rings. The number of nitrogens with zero attached hydrogens (tertiary/aromatic N) is 2. The molecule has 1 aromatic rings. The number of aromatic nitrogens is 1. The van der Waals surface area contributed by atoms with E-state index < -0.39 is 29.2 Å². The van der Waals surface area contributed by atoms with Gasteiger partial charge >= 0.3 is 0 Å². The minimum Gasteiger partial charge on any atom is -0.476 e. The van der Waals surface area contributed by atoms with E-state index in [0.717, 1.165) is 12.8 Å². The topological polar surface area (TPSA) is 97.6 Å². The molecule has 1 unspecified atom stereocenters. The maximum absolute atomic E-state index is 13.8. The molecule has 1 saturated heterocycles. The second kappa shape index (κ2) is 7.91. The van der Waals surface area contributed by atoms with E-state index in [0.29, 0.717) is 37.6 Å². The van der Waals surface area contributed by atoms with Gasteiger partial charge in [0, 0.05) is 19.5 Å². The van der Waals surface area contributed by atoms with Crippen LogP contribution in [0.4, 0.5) is 14.5 Å². The molecule has 1 spiro atoms. The molecule has 31 heavy (non-hydrogen) atoms. The van der Waals surface area contributed by atoms with Gasteiger partial charge in [0.25, 0.3) is 11.8 Å². The predicted molar refractivity (Wildman–Crippen MR) is 111 cm³/mol. The highest BCUT2D eigenvalue weighted by molar-refractivity contribution is 5.96. The lowest BCUT2D eigenvalue weighted by Gasteiger charge is -2.22. The normalized spacial score (nSPS) is 25.0. The van der Waals surface area contributed by atoms with Crippen LogP contribution in [-0.2, 0) is 4.79 Å². The van der Waals surface area contributed by atoms with Gasteiger partial charge in [-0.15, -0.1) is 0 Å². The van der Waals surface area contributed by atoms with Gasteiger partial charge in [0.05, 0.1) is 17.7 Å². The van der Waals surface area contributed by atoms with Crippen molar-refractivity contribution in [2.75, 3.05) is 24.6 Å². The molecule has 4 rings (SSSR count). The van der Waals surface area contributed by atoms with Crippen LogP contribution in [-0.4, -0.2) is 48.5 Å². The van der Waals surface area contributed by atoms with Crippen molar-refractivity contribution in [2.24, 2.45) is 23.0 Å². The molecule has 2 heterocycles. The van der Waals surface area contributed by atoms with Crippen LogP contribution in [0.1, 0.15) is 56.4 Å². The average molecular weight is 437 g/mol. The molecule has 7 nitrogen and oxygen atoms in total. The highest BCUT2D eigenvalue weighted by Gasteiger charge is 2.72. The van der Waals surface area contributed by atoms with Gasteiger partial charge in [0.2, 0.25) is 11.8 Å². The fourth-order valence-electron chi connectivity index (χ4n) is 4.24. The number of nitrogens with one attached hydrogen (secondary N) is 1. The molecule has 2 saturated carbocycles. The molecule has 2 atom stereocenters. The third kappa shape index (κ3) is 4.60. The molecular weight excluding hydrogens is 406 g/mol. The molecule has 2 amide bonds. The van der Waals surface area contributed by atoms with Gasteiger partial charge in [0.15, 0.2) is 0 Å². The van der Waals surface area contributed by atoms with Crippen LogP contribution >= 0.6 is 0 Å². The highest BCUT2D eigenvalue weighted by atomic mass is 19.3. The van der Waals surface area contributed by atoms with Gasteiger partial charge in [-0.25, -0.2) is 13.8 Å². The quantitative estimate of drug-likeness (QED) is 0.620. The molecule has 170 valence electrons. The van der Waals surface area contributed by atoms with E-state index in [9.17, 15) is 18.4 Å². The van der Waals surface area contributed by atoms with Gasteiger partial charge < -0.3 is 20.7 Å². The summed E-state index contributed by atoms with van der Waals surface area (Å²) in [5, 5.41) is 2.65. The number of hydrogen-bond acceptors (Lipinski definition) is 5. The van der Waals surface area contributed by atoms with Crippen LogP contribution in [0.3, 0.4) is 0 Å². The summed E-state index contributed by atoms with van der Waals surface area (Å²) in [4.78, 5) is 30.7. The van der Waals surface area contributed by atoms with Crippen molar-refractivity contribution in [2.45, 2.75) is 57.9 Å². The van der Waals surface area contributed by atoms with Crippen molar-refractivity contribution in [3.63, 3.8) is 0 Å². The predicted octanol–water partition coefficient (Wildman–Crippen LogP) is 2.74. The molecular formula is C22H30F2N4O3. The van der Waals surface area contributed by atoms with E-state index in [4.69, 9.17) is 10.5 Å². The molecule has 0 bridgehead atoms. The van der Waals surface area contributed by atoms with Gasteiger partial charge in [0.1, 0.15) is 11.7 Å². The summed E-state index contributed by atoms with van der Waals surface area (Å²) < 4.78 is 33.6. The number of ether oxygens (including phenoxy) is 1. The first-order valence-electron chi connectivity index (χ1n) is 11.0. The molecule has 0 aromatic carbocycles. The van der Waals surface area contributed by atoms with Gasteiger partial charge in [-0.1, -0.05) is 13.8 Å². The number of pyridine rings is 1. The summed E-state index contributed by atoms with van der Waals surface area (Å²) in [5.41, 5.74) is 5.22. The smallest absolute Gasteiger partial charge is 0.270 e. The number of hydrogen-bond donors (Lipinski definition) is 2. The van der Waals surface area contributed by atoms with E-state index in [1.54, 1.807) is 6.07 Å². The molecule has 1 aromatic heterocycles. The standard InChI is InChI=1S/C22H30F2N4O3/c1-13(2)9-16(18(25)29)26-19(30)15-5-6-17(20(27-15)31-10-14-3-4-14)28-8-7-21(12-28)11-22(21,23)24/h5-6,13-14,16H,3-4,7-12H2,1-2H3,(H2,25,29)(H,26,30)/t16-,21?/m0/s1. The average Bonchev–Trinajstić information content (AvgIpc) is 3.55. The van der Waals surface area contributed by atoms with Crippen molar-refractivity contribution in [1.82, 2.24) is 10.3 Å². The minimum absolute atomic E-state index is 0.0763. The van der Waals surface area contributed by atoms with Crippen LogP contribution < -0.4 is 20.7 Å². The van der Waals surface area contributed by atoms with Crippen molar-refractivity contribution in [3.05, 3.63) is 17.8 Å². The zero-order valence-corrected chi connectivity index (χ0v) is 18.0. The second-order valence-electron chi connectivity index (χ2n) is 9.67. The van der Waals surface area contributed by atoms with Crippen molar-refractivity contribution < 1.29 is 23.1 Å². The first-order chi connectivity index (χ1) is 14.6. The number of carbonyl (C=O) groups excluding carboxylic acids is 2. The van der Waals surface area contributed by atoms with Crippen LogP contribution in [0, 0.1) is 17.3 Å². The molecule has 9 heteroatoms. The third-order valence-electron chi connectivity index (χ3n) is 6.49. The Labute approximate surface area is 180 Å². The van der Waals surface area contributed by atoms with E-state index in [1.807, 2.05) is 18.7 Å². The van der Waals surface area contributed by atoms with Gasteiger partial charge in [-0.05, 0) is 49.7 Å². The van der Waals surface area contributed by atoms with E-state index >= 15 is 0 Å². The van der Waals surface area contributed by atoms with Crippen LogP contribution in [0.15, 0.2) is 12.1 Å². The van der Waals surface area contributed by atoms with Gasteiger partial charge in [-0.3, -0.25) is 9.59 Å². The fraction of sp³-hybridized carbons (Fsp3) is 0.682. The van der Waals surface area contributed by atoms with Crippen LogP contribution in [0.5, 0.6) is 5.88 Å². The lowest BCUT2D eigenvalue weighted by atomic mass is 10.0. The number of rotatable bonds is 9. The number of alkyl halides is 2. The lowest BCUT2D eigenvalue weighted by molar-refractivity contribution is -0.120. The lowest BCUT2D eigenvalue weighted by Crippen LogP contribution is -2.45. The summed E-state index contributed by atoms with van der Waals surface area (Å²) in [6.07, 6.45) is 2.95. The Morgan fingerprint density at radius 2 is 2.06 bits per heavy atom. The molecule has 1 aliphatic heterocycles. The molecule has 0 radical (unpaired) electrons. The number of amides is 2. The largest absolute Gasteiger partial charge is 0.476 e. The molecule has 2 aliphatic carbocycles. The Kier molecular flexibility index (Phi) is 5.55. The zero-order chi connectivity index (χ0) is 22.4. The van der Waals surface area contributed by atoms with Crippen LogP contribution in [0.2, 0.25) is 0 Å². The Bertz CT molecular complexity index is 874. The third-order valence-corrected chi connectivity index (χ3v) is 6.49. The summed E-state index contributed by atoms with van der Waals surface area (Å²) in [6.45, 7) is 5.11. The Morgan fingerprint density at radius 1 is 1.35 bits per heavy atom. The zero-order valence-electron chi connectivity index (χ0n) is 18.0.